The number of aliphatic hydroxyl groups excluding tert-OH is 1. The summed E-state index contributed by atoms with van der Waals surface area (Å²) in [5, 5.41) is 25.8. The molecule has 33 heavy (non-hydrogen) atoms. The van der Waals surface area contributed by atoms with E-state index in [4.69, 9.17) is 5.73 Å². The minimum absolute atomic E-state index is 0.0230. The van der Waals surface area contributed by atoms with Crippen molar-refractivity contribution in [3.63, 3.8) is 0 Å². The molecule has 2 unspecified atom stereocenters. The Kier molecular flexibility index (Phi) is 7.46. The lowest BCUT2D eigenvalue weighted by Crippen LogP contribution is -2.54. The van der Waals surface area contributed by atoms with Crippen molar-refractivity contribution in [1.82, 2.24) is 10.6 Å². The molecule has 1 fully saturated rings. The molecule has 0 radical (unpaired) electrons. The highest BCUT2D eigenvalue weighted by Crippen LogP contribution is 2.38. The second-order valence-corrected chi connectivity index (χ2v) is 10.4. The van der Waals surface area contributed by atoms with Crippen molar-refractivity contribution in [1.29, 1.82) is 0 Å². The van der Waals surface area contributed by atoms with E-state index in [1.807, 2.05) is 30.3 Å². The quantitative estimate of drug-likeness (QED) is 0.390. The number of Topliss-reactive ketones (excluding diaryl/α,β-unsaturated/α-hetero) is 1. The summed E-state index contributed by atoms with van der Waals surface area (Å²) < 4.78 is -0.636. The van der Waals surface area contributed by atoms with Crippen LogP contribution in [0.15, 0.2) is 48.5 Å². The number of aromatic hydroxyl groups is 1. The topological polar surface area (TPSA) is 142 Å². The van der Waals surface area contributed by atoms with E-state index < -0.39 is 45.9 Å². The van der Waals surface area contributed by atoms with Crippen LogP contribution in [-0.4, -0.2) is 56.1 Å². The number of phenols is 1. The van der Waals surface area contributed by atoms with E-state index in [0.29, 0.717) is 5.56 Å². The van der Waals surface area contributed by atoms with Crippen LogP contribution in [0.25, 0.3) is 0 Å². The van der Waals surface area contributed by atoms with E-state index in [-0.39, 0.29) is 17.7 Å². The first-order chi connectivity index (χ1) is 15.5. The van der Waals surface area contributed by atoms with Gasteiger partial charge in [-0.3, -0.25) is 19.7 Å². The van der Waals surface area contributed by atoms with E-state index in [1.54, 1.807) is 32.9 Å². The summed E-state index contributed by atoms with van der Waals surface area (Å²) in [6.45, 7) is 5.21. The Bertz CT molecular complexity index is 1040. The lowest BCUT2D eigenvalue weighted by Gasteiger charge is -2.26. The van der Waals surface area contributed by atoms with Crippen LogP contribution in [0.5, 0.6) is 5.75 Å². The molecule has 0 saturated carbocycles. The smallest absolute Gasteiger partial charge is 0.252 e. The first-order valence-corrected chi connectivity index (χ1v) is 11.5. The molecule has 4 atom stereocenters. The van der Waals surface area contributed by atoms with Gasteiger partial charge in [0.25, 0.3) is 5.91 Å². The molecule has 176 valence electrons. The first kappa shape index (κ1) is 24.8. The van der Waals surface area contributed by atoms with Crippen LogP contribution in [0.2, 0.25) is 0 Å². The zero-order chi connectivity index (χ0) is 24.3. The molecule has 0 bridgehead atoms. The number of hydrogen-bond donors (Lipinski definition) is 5. The van der Waals surface area contributed by atoms with E-state index in [2.05, 4.69) is 10.6 Å². The molecule has 1 aliphatic heterocycles. The van der Waals surface area contributed by atoms with Crippen molar-refractivity contribution in [2.24, 2.45) is 5.73 Å². The van der Waals surface area contributed by atoms with Gasteiger partial charge in [0.05, 0.1) is 6.04 Å². The molecule has 2 aromatic carbocycles. The molecule has 6 N–H and O–H groups in total. The Morgan fingerprint density at radius 2 is 1.82 bits per heavy atom. The Hall–Kier alpha value is -2.88. The summed E-state index contributed by atoms with van der Waals surface area (Å²) >= 11 is 1.22. The average Bonchev–Trinajstić information content (AvgIpc) is 3.10. The Morgan fingerprint density at radius 3 is 2.42 bits per heavy atom. The molecule has 0 spiro atoms. The third-order valence-corrected chi connectivity index (χ3v) is 7.26. The molecule has 1 aliphatic rings. The van der Waals surface area contributed by atoms with Crippen molar-refractivity contribution in [3.05, 3.63) is 65.2 Å². The van der Waals surface area contributed by atoms with Crippen LogP contribution in [-0.2, 0) is 16.0 Å². The third-order valence-electron chi connectivity index (χ3n) is 5.82. The van der Waals surface area contributed by atoms with Gasteiger partial charge in [0.15, 0.2) is 5.78 Å². The molecule has 3 rings (SSSR count). The molecule has 0 aromatic heterocycles. The fourth-order valence-corrected chi connectivity index (χ4v) is 5.29. The van der Waals surface area contributed by atoms with E-state index in [9.17, 15) is 24.6 Å². The third kappa shape index (κ3) is 5.55. The van der Waals surface area contributed by atoms with Crippen LogP contribution < -0.4 is 16.4 Å². The molecule has 2 amide bonds. The zero-order valence-electron chi connectivity index (χ0n) is 18.7. The number of aliphatic hydroxyl groups is 1. The van der Waals surface area contributed by atoms with Crippen molar-refractivity contribution in [2.45, 2.75) is 55.5 Å². The minimum Gasteiger partial charge on any atom is -0.508 e. The first-order valence-electron chi connectivity index (χ1n) is 10.6. The van der Waals surface area contributed by atoms with E-state index in [0.717, 1.165) is 5.56 Å². The summed E-state index contributed by atoms with van der Waals surface area (Å²) in [4.78, 5) is 38.0. The highest BCUT2D eigenvalue weighted by atomic mass is 32.2. The summed E-state index contributed by atoms with van der Waals surface area (Å²) in [6.07, 6.45) is -1.34. The number of hydrogen-bond acceptors (Lipinski definition) is 7. The molecule has 2 aromatic rings. The zero-order valence-corrected chi connectivity index (χ0v) is 19.6. The number of primary amides is 1. The largest absolute Gasteiger partial charge is 0.508 e. The second-order valence-electron chi connectivity index (χ2n) is 8.67. The van der Waals surface area contributed by atoms with Crippen LogP contribution in [0, 0.1) is 6.92 Å². The monoisotopic (exact) mass is 471 g/mol. The van der Waals surface area contributed by atoms with Gasteiger partial charge in [0.1, 0.15) is 23.3 Å². The predicted molar refractivity (Wildman–Crippen MR) is 127 cm³/mol. The summed E-state index contributed by atoms with van der Waals surface area (Å²) in [7, 11) is 0. The minimum atomic E-state index is -1.54. The number of phenolic OH excluding ortho intramolecular Hbond substituents is 1. The maximum absolute atomic E-state index is 13.2. The van der Waals surface area contributed by atoms with Gasteiger partial charge < -0.3 is 21.3 Å². The summed E-state index contributed by atoms with van der Waals surface area (Å²) in [6, 6.07) is 12.1. The Balaban J connectivity index is 1.84. The van der Waals surface area contributed by atoms with Gasteiger partial charge >= 0.3 is 0 Å². The lowest BCUT2D eigenvalue weighted by atomic mass is 9.97. The summed E-state index contributed by atoms with van der Waals surface area (Å²) in [5.41, 5.74) is 6.93. The fourth-order valence-electron chi connectivity index (χ4n) is 3.90. The van der Waals surface area contributed by atoms with Gasteiger partial charge in [-0.15, -0.1) is 11.8 Å². The Labute approximate surface area is 196 Å². The molecule has 9 heteroatoms. The highest BCUT2D eigenvalue weighted by molar-refractivity contribution is 8.02. The normalized spacial score (nSPS) is 21.2. The molecule has 1 heterocycles. The van der Waals surface area contributed by atoms with Crippen LogP contribution in [0.1, 0.15) is 35.3 Å². The predicted octanol–water partition coefficient (Wildman–Crippen LogP) is 1.27. The van der Waals surface area contributed by atoms with Crippen LogP contribution in [0.3, 0.4) is 0 Å². The van der Waals surface area contributed by atoms with Crippen molar-refractivity contribution in [2.75, 3.05) is 0 Å². The van der Waals surface area contributed by atoms with Gasteiger partial charge in [-0.25, -0.2) is 0 Å². The number of amides is 2. The molecular formula is C24H29N3O5S. The van der Waals surface area contributed by atoms with Gasteiger partial charge in [0.2, 0.25) is 5.91 Å². The average molecular weight is 472 g/mol. The maximum atomic E-state index is 13.2. The maximum Gasteiger partial charge on any atom is 0.252 e. The Morgan fingerprint density at radius 1 is 1.15 bits per heavy atom. The SMILES string of the molecule is Cc1c(O)cccc1C(=O)N[C@@H](Cc1ccccc1)[C@H](O)C(=O)C1NC(C(N)=O)C(C)(C)S1. The van der Waals surface area contributed by atoms with Gasteiger partial charge in [0, 0.05) is 15.9 Å². The molecule has 8 nitrogen and oxygen atoms in total. The lowest BCUT2D eigenvalue weighted by molar-refractivity contribution is -0.128. The van der Waals surface area contributed by atoms with Crippen molar-refractivity contribution >= 4 is 29.4 Å². The number of nitrogens with two attached hydrogens (primary N) is 1. The van der Waals surface area contributed by atoms with E-state index in [1.165, 1.54) is 17.8 Å². The van der Waals surface area contributed by atoms with E-state index >= 15 is 0 Å². The molecular weight excluding hydrogens is 442 g/mol. The second kappa shape index (κ2) is 9.94. The number of benzene rings is 2. The van der Waals surface area contributed by atoms with Crippen LogP contribution in [0.4, 0.5) is 0 Å². The number of thioether (sulfide) groups is 1. The standard InChI is InChI=1S/C24H29N3O5S/c1-13-15(10-7-11-17(13)28)22(32)26-16(12-14-8-5-4-6-9-14)18(29)19(30)23-27-20(21(25)31)24(2,3)33-23/h4-11,16,18,20,23,27-29H,12H2,1-3H3,(H2,25,31)(H,26,32)/t16-,18-,20?,23?/m0/s1. The van der Waals surface area contributed by atoms with Gasteiger partial charge in [-0.2, -0.15) is 0 Å². The molecule has 0 aliphatic carbocycles. The van der Waals surface area contributed by atoms with Crippen molar-refractivity contribution < 1.29 is 24.6 Å². The number of carbonyl (C=O) groups excluding carboxylic acids is 3. The van der Waals surface area contributed by atoms with Gasteiger partial charge in [-0.05, 0) is 44.9 Å². The molecule has 1 saturated heterocycles. The highest BCUT2D eigenvalue weighted by Gasteiger charge is 2.48. The summed E-state index contributed by atoms with van der Waals surface area (Å²) in [5.74, 6) is -1.67. The number of carbonyl (C=O) groups is 3. The fraction of sp³-hybridized carbons (Fsp3) is 0.375. The van der Waals surface area contributed by atoms with Crippen LogP contribution >= 0.6 is 11.8 Å². The number of nitrogens with one attached hydrogen (secondary N) is 2. The number of ketones is 1. The van der Waals surface area contributed by atoms with Crippen molar-refractivity contribution in [3.8, 4) is 5.75 Å². The van der Waals surface area contributed by atoms with Gasteiger partial charge in [-0.1, -0.05) is 36.4 Å². The number of rotatable bonds is 8.